The van der Waals surface area contributed by atoms with Crippen molar-refractivity contribution in [2.24, 2.45) is 0 Å². The Morgan fingerprint density at radius 2 is 1.71 bits per heavy atom. The van der Waals surface area contributed by atoms with E-state index in [0.29, 0.717) is 0 Å². The summed E-state index contributed by atoms with van der Waals surface area (Å²) < 4.78 is 0. The van der Waals surface area contributed by atoms with Crippen molar-refractivity contribution < 1.29 is 0 Å². The maximum absolute atomic E-state index is 3.73. The second-order valence-electron chi connectivity index (χ2n) is 2.72. The fraction of sp³-hybridized carbons (Fsp3) is 0.667. The average Bonchev–Trinajstić information content (AvgIpc) is 2.24. The molecule has 0 amide bonds. The number of aryl methyl sites for hydroxylation is 1. The Morgan fingerprint density at radius 1 is 1.14 bits per heavy atom. The van der Waals surface area contributed by atoms with E-state index in [9.17, 15) is 0 Å². The van der Waals surface area contributed by atoms with Crippen LogP contribution in [-0.2, 0) is 0 Å². The van der Waals surface area contributed by atoms with Crippen LogP contribution in [-0.4, -0.2) is 10.2 Å². The Morgan fingerprint density at radius 3 is 1.86 bits per heavy atom. The zero-order valence-corrected chi connectivity index (χ0v) is 10.2. The molecule has 0 atom stereocenters. The molecule has 1 rings (SSSR count). The highest BCUT2D eigenvalue weighted by molar-refractivity contribution is 4.94. The largest absolute Gasteiger partial charge is 0.159 e. The summed E-state index contributed by atoms with van der Waals surface area (Å²) in [5, 5.41) is 7.36. The van der Waals surface area contributed by atoms with Crippen molar-refractivity contribution >= 4 is 0 Å². The van der Waals surface area contributed by atoms with Crippen molar-refractivity contribution in [1.82, 2.24) is 10.2 Å². The standard InChI is InChI=1S/C5H6N2.C5H12.C2H6/c1-5-3-2-4-6-7-5;1-3-5-4-2;1-2/h2-4H,1H3;3-5H2,1-2H3;1-2H3. The van der Waals surface area contributed by atoms with Crippen molar-refractivity contribution in [3.8, 4) is 0 Å². The van der Waals surface area contributed by atoms with Gasteiger partial charge in [0.25, 0.3) is 0 Å². The third-order valence-electron chi connectivity index (χ3n) is 1.41. The maximum atomic E-state index is 3.73. The average molecular weight is 196 g/mol. The molecule has 0 saturated carbocycles. The van der Waals surface area contributed by atoms with Crippen LogP contribution in [0.5, 0.6) is 0 Å². The fourth-order valence-electron chi connectivity index (χ4n) is 0.732. The van der Waals surface area contributed by atoms with Crippen LogP contribution in [0.15, 0.2) is 18.3 Å². The van der Waals surface area contributed by atoms with E-state index in [1.165, 1.54) is 19.3 Å². The maximum Gasteiger partial charge on any atom is 0.0600 e. The van der Waals surface area contributed by atoms with Crippen LogP contribution < -0.4 is 0 Å². The van der Waals surface area contributed by atoms with Crippen molar-refractivity contribution in [2.45, 2.75) is 53.9 Å². The minimum atomic E-state index is 0.961. The molecular formula is C12H24N2. The lowest BCUT2D eigenvalue weighted by Gasteiger charge is -1.80. The second-order valence-corrected chi connectivity index (χ2v) is 2.72. The number of rotatable bonds is 2. The van der Waals surface area contributed by atoms with Gasteiger partial charge in [0.15, 0.2) is 0 Å². The van der Waals surface area contributed by atoms with Gasteiger partial charge in [0, 0.05) is 6.20 Å². The Balaban J connectivity index is 0. The first-order chi connectivity index (χ1) is 6.81. The summed E-state index contributed by atoms with van der Waals surface area (Å²) in [4.78, 5) is 0. The summed E-state index contributed by atoms with van der Waals surface area (Å²) in [6.45, 7) is 10.3. The van der Waals surface area contributed by atoms with Crippen LogP contribution in [0, 0.1) is 6.92 Å². The molecule has 1 aromatic heterocycles. The van der Waals surface area contributed by atoms with E-state index in [1.54, 1.807) is 6.20 Å². The van der Waals surface area contributed by atoms with Crippen LogP contribution in [0.2, 0.25) is 0 Å². The van der Waals surface area contributed by atoms with E-state index in [0.717, 1.165) is 5.69 Å². The summed E-state index contributed by atoms with van der Waals surface area (Å²) in [7, 11) is 0. The van der Waals surface area contributed by atoms with E-state index in [4.69, 9.17) is 0 Å². The predicted octanol–water partition coefficient (Wildman–Crippen LogP) is 4.01. The molecule has 0 N–H and O–H groups in total. The van der Waals surface area contributed by atoms with Gasteiger partial charge in [-0.3, -0.25) is 0 Å². The molecule has 0 aliphatic rings. The van der Waals surface area contributed by atoms with Gasteiger partial charge in [0.1, 0.15) is 0 Å². The van der Waals surface area contributed by atoms with Gasteiger partial charge in [0.05, 0.1) is 5.69 Å². The highest BCUT2D eigenvalue weighted by Crippen LogP contribution is 1.88. The third kappa shape index (κ3) is 13.7. The fourth-order valence-corrected chi connectivity index (χ4v) is 0.732. The first-order valence-electron chi connectivity index (χ1n) is 5.55. The highest BCUT2D eigenvalue weighted by atomic mass is 15.1. The molecule has 0 aliphatic heterocycles. The van der Waals surface area contributed by atoms with Gasteiger partial charge >= 0.3 is 0 Å². The van der Waals surface area contributed by atoms with Crippen LogP contribution in [0.3, 0.4) is 0 Å². The molecule has 2 heteroatoms. The van der Waals surface area contributed by atoms with Gasteiger partial charge in [-0.2, -0.15) is 10.2 Å². The van der Waals surface area contributed by atoms with E-state index in [1.807, 2.05) is 32.9 Å². The molecule has 82 valence electrons. The number of nitrogens with zero attached hydrogens (tertiary/aromatic N) is 2. The number of unbranched alkanes of at least 4 members (excludes halogenated alkanes) is 2. The molecule has 0 bridgehead atoms. The topological polar surface area (TPSA) is 25.8 Å². The van der Waals surface area contributed by atoms with Gasteiger partial charge in [0.2, 0.25) is 0 Å². The predicted molar refractivity (Wildman–Crippen MR) is 63.3 cm³/mol. The zero-order valence-electron chi connectivity index (χ0n) is 10.2. The summed E-state index contributed by atoms with van der Waals surface area (Å²) >= 11 is 0. The Hall–Kier alpha value is -0.920. The van der Waals surface area contributed by atoms with Crippen molar-refractivity contribution in [3.63, 3.8) is 0 Å². The molecule has 0 aliphatic carbocycles. The summed E-state index contributed by atoms with van der Waals surface area (Å²) in [6, 6.07) is 3.77. The Labute approximate surface area is 88.8 Å². The van der Waals surface area contributed by atoms with Crippen molar-refractivity contribution in [1.29, 1.82) is 0 Å². The van der Waals surface area contributed by atoms with E-state index >= 15 is 0 Å². The summed E-state index contributed by atoms with van der Waals surface area (Å²) in [6.07, 6.45) is 5.74. The monoisotopic (exact) mass is 196 g/mol. The molecular weight excluding hydrogens is 172 g/mol. The first-order valence-corrected chi connectivity index (χ1v) is 5.55. The van der Waals surface area contributed by atoms with E-state index < -0.39 is 0 Å². The van der Waals surface area contributed by atoms with Crippen LogP contribution in [0.25, 0.3) is 0 Å². The number of hydrogen-bond donors (Lipinski definition) is 0. The molecule has 2 nitrogen and oxygen atoms in total. The van der Waals surface area contributed by atoms with Crippen molar-refractivity contribution in [2.75, 3.05) is 0 Å². The van der Waals surface area contributed by atoms with Crippen LogP contribution >= 0.6 is 0 Å². The van der Waals surface area contributed by atoms with Crippen LogP contribution in [0.4, 0.5) is 0 Å². The summed E-state index contributed by atoms with van der Waals surface area (Å²) in [5.74, 6) is 0. The summed E-state index contributed by atoms with van der Waals surface area (Å²) in [5.41, 5.74) is 0.961. The minimum absolute atomic E-state index is 0.961. The highest BCUT2D eigenvalue weighted by Gasteiger charge is 1.74. The van der Waals surface area contributed by atoms with Gasteiger partial charge in [-0.25, -0.2) is 0 Å². The SMILES string of the molecule is CC.CCCCC.Cc1cccnn1. The lowest BCUT2D eigenvalue weighted by Crippen LogP contribution is -1.79. The van der Waals surface area contributed by atoms with E-state index in [2.05, 4.69) is 24.0 Å². The Kier molecular flexibility index (Phi) is 16.2. The molecule has 14 heavy (non-hydrogen) atoms. The minimum Gasteiger partial charge on any atom is -0.159 e. The molecule has 1 aromatic rings. The molecule has 0 fully saturated rings. The van der Waals surface area contributed by atoms with Gasteiger partial charge < -0.3 is 0 Å². The number of hydrogen-bond acceptors (Lipinski definition) is 2. The lowest BCUT2D eigenvalue weighted by molar-refractivity contribution is 0.772. The molecule has 0 radical (unpaired) electrons. The lowest BCUT2D eigenvalue weighted by atomic mass is 10.3. The molecule has 0 aromatic carbocycles. The van der Waals surface area contributed by atoms with Gasteiger partial charge in [-0.15, -0.1) is 0 Å². The normalized spacial score (nSPS) is 7.79. The van der Waals surface area contributed by atoms with Crippen LogP contribution in [0.1, 0.15) is 52.7 Å². The van der Waals surface area contributed by atoms with Crippen molar-refractivity contribution in [3.05, 3.63) is 24.0 Å². The quantitative estimate of drug-likeness (QED) is 0.714. The molecule has 1 heterocycles. The first kappa shape index (κ1) is 15.5. The number of aromatic nitrogens is 2. The van der Waals surface area contributed by atoms with E-state index in [-0.39, 0.29) is 0 Å². The molecule has 0 spiro atoms. The third-order valence-corrected chi connectivity index (χ3v) is 1.41. The Bertz CT molecular complexity index is 171. The smallest absolute Gasteiger partial charge is 0.0600 e. The zero-order chi connectivity index (χ0) is 11.2. The molecule has 0 saturated heterocycles. The van der Waals surface area contributed by atoms with Gasteiger partial charge in [-0.1, -0.05) is 47.0 Å². The molecule has 0 unspecified atom stereocenters. The van der Waals surface area contributed by atoms with Gasteiger partial charge in [-0.05, 0) is 19.1 Å². The second kappa shape index (κ2) is 14.6.